The molecule has 3 unspecified atom stereocenters. The lowest BCUT2D eigenvalue weighted by molar-refractivity contribution is -0.0938. The van der Waals surface area contributed by atoms with Crippen LogP contribution in [-0.2, 0) is 4.74 Å². The Bertz CT molecular complexity index is 453. The van der Waals surface area contributed by atoms with Gasteiger partial charge < -0.3 is 10.5 Å². The molecule has 1 aliphatic rings. The second kappa shape index (κ2) is 6.28. The van der Waals surface area contributed by atoms with Crippen LogP contribution in [0.5, 0.6) is 0 Å². The van der Waals surface area contributed by atoms with Crippen LogP contribution in [0.4, 0.5) is 0 Å². The molecule has 1 aliphatic carbocycles. The maximum absolute atomic E-state index is 6.65. The number of rotatable bonds is 4. The molecule has 0 radical (unpaired) electrons. The normalized spacial score (nSPS) is 28.4. The van der Waals surface area contributed by atoms with Gasteiger partial charge in [0, 0.05) is 6.61 Å². The van der Waals surface area contributed by atoms with Crippen molar-refractivity contribution < 1.29 is 4.74 Å². The highest BCUT2D eigenvalue weighted by Crippen LogP contribution is 2.42. The van der Waals surface area contributed by atoms with Crippen LogP contribution in [0.25, 0.3) is 0 Å². The third-order valence-electron chi connectivity index (χ3n) is 4.88. The molecule has 0 bridgehead atoms. The van der Waals surface area contributed by atoms with E-state index in [0.717, 1.165) is 19.4 Å². The summed E-state index contributed by atoms with van der Waals surface area (Å²) in [6.07, 6.45) is 4.68. The van der Waals surface area contributed by atoms with E-state index in [2.05, 4.69) is 45.9 Å². The van der Waals surface area contributed by atoms with Crippen LogP contribution >= 0.6 is 0 Å². The summed E-state index contributed by atoms with van der Waals surface area (Å²) in [5.74, 6) is 0.702. The summed E-state index contributed by atoms with van der Waals surface area (Å²) in [5.41, 5.74) is 10.3. The van der Waals surface area contributed by atoms with E-state index in [-0.39, 0.29) is 11.6 Å². The lowest BCUT2D eigenvalue weighted by Gasteiger charge is -2.44. The molecular weight excluding hydrogens is 246 g/mol. The summed E-state index contributed by atoms with van der Waals surface area (Å²) in [6.45, 7) is 9.44. The number of hydrogen-bond acceptors (Lipinski definition) is 2. The molecule has 20 heavy (non-hydrogen) atoms. The van der Waals surface area contributed by atoms with Gasteiger partial charge in [-0.05, 0) is 56.2 Å². The lowest BCUT2D eigenvalue weighted by Crippen LogP contribution is -2.47. The number of ether oxygens (including phenoxy) is 1. The lowest BCUT2D eigenvalue weighted by atomic mass is 9.73. The first kappa shape index (κ1) is 15.5. The van der Waals surface area contributed by atoms with E-state index in [0.29, 0.717) is 5.92 Å². The average Bonchev–Trinajstić information content (AvgIpc) is 2.41. The number of hydrogen-bond donors (Lipinski definition) is 1. The molecule has 0 aromatic heterocycles. The molecule has 2 N–H and O–H groups in total. The standard InChI is InChI=1S/C18H29NO/c1-5-20-18(10-6-7-13(2)12-18)17(19)16-9-8-14(3)15(4)11-16/h8-9,11,13,17H,5-7,10,12,19H2,1-4H3. The average molecular weight is 275 g/mol. The Labute approximate surface area is 123 Å². The number of nitrogens with two attached hydrogens (primary N) is 1. The van der Waals surface area contributed by atoms with Gasteiger partial charge in [-0.3, -0.25) is 0 Å². The van der Waals surface area contributed by atoms with Crippen LogP contribution in [0.2, 0.25) is 0 Å². The monoisotopic (exact) mass is 275 g/mol. The van der Waals surface area contributed by atoms with Gasteiger partial charge in [-0.2, -0.15) is 0 Å². The Hall–Kier alpha value is -0.860. The van der Waals surface area contributed by atoms with Gasteiger partial charge in [0.1, 0.15) is 0 Å². The minimum absolute atomic E-state index is 0.0236. The largest absolute Gasteiger partial charge is 0.373 e. The van der Waals surface area contributed by atoms with Crippen LogP contribution in [0.15, 0.2) is 18.2 Å². The van der Waals surface area contributed by atoms with Crippen molar-refractivity contribution in [2.75, 3.05) is 6.61 Å². The minimum atomic E-state index is -0.173. The molecule has 0 spiro atoms. The molecule has 2 nitrogen and oxygen atoms in total. The van der Waals surface area contributed by atoms with Crippen molar-refractivity contribution in [3.63, 3.8) is 0 Å². The SMILES string of the molecule is CCOC1(C(N)c2ccc(C)c(C)c2)CCCC(C)C1. The van der Waals surface area contributed by atoms with Crippen molar-refractivity contribution in [2.45, 2.75) is 65.0 Å². The predicted octanol–water partition coefficient (Wildman–Crippen LogP) is 4.29. The van der Waals surface area contributed by atoms with Gasteiger partial charge in [-0.15, -0.1) is 0 Å². The molecule has 1 aromatic rings. The van der Waals surface area contributed by atoms with Crippen LogP contribution in [-0.4, -0.2) is 12.2 Å². The van der Waals surface area contributed by atoms with Crippen LogP contribution < -0.4 is 5.73 Å². The van der Waals surface area contributed by atoms with Gasteiger partial charge in [0.25, 0.3) is 0 Å². The first-order valence-electron chi connectivity index (χ1n) is 7.95. The molecule has 112 valence electrons. The zero-order valence-electron chi connectivity index (χ0n) is 13.4. The van der Waals surface area contributed by atoms with E-state index < -0.39 is 0 Å². The molecule has 0 aliphatic heterocycles. The topological polar surface area (TPSA) is 35.2 Å². The van der Waals surface area contributed by atoms with Crippen molar-refractivity contribution in [3.8, 4) is 0 Å². The predicted molar refractivity (Wildman–Crippen MR) is 84.8 cm³/mol. The van der Waals surface area contributed by atoms with Crippen LogP contribution in [0, 0.1) is 19.8 Å². The quantitative estimate of drug-likeness (QED) is 0.889. The molecule has 0 heterocycles. The minimum Gasteiger partial charge on any atom is -0.373 e. The van der Waals surface area contributed by atoms with Crippen molar-refractivity contribution in [1.29, 1.82) is 0 Å². The molecule has 2 heteroatoms. The smallest absolute Gasteiger partial charge is 0.0876 e. The van der Waals surface area contributed by atoms with Gasteiger partial charge in [-0.25, -0.2) is 0 Å². The first-order valence-corrected chi connectivity index (χ1v) is 7.95. The summed E-state index contributed by atoms with van der Waals surface area (Å²) in [7, 11) is 0. The summed E-state index contributed by atoms with van der Waals surface area (Å²) in [4.78, 5) is 0. The number of benzene rings is 1. The highest BCUT2D eigenvalue weighted by Gasteiger charge is 2.41. The van der Waals surface area contributed by atoms with Crippen LogP contribution in [0.3, 0.4) is 0 Å². The molecular formula is C18H29NO. The van der Waals surface area contributed by atoms with Gasteiger partial charge in [0.05, 0.1) is 11.6 Å². The zero-order valence-corrected chi connectivity index (χ0v) is 13.4. The summed E-state index contributed by atoms with van der Waals surface area (Å²) in [5, 5.41) is 0. The summed E-state index contributed by atoms with van der Waals surface area (Å²) >= 11 is 0. The fourth-order valence-electron chi connectivity index (χ4n) is 3.60. The highest BCUT2D eigenvalue weighted by molar-refractivity contribution is 5.33. The molecule has 3 atom stereocenters. The highest BCUT2D eigenvalue weighted by atomic mass is 16.5. The number of aryl methyl sites for hydroxylation is 2. The maximum atomic E-state index is 6.65. The Morgan fingerprint density at radius 1 is 1.35 bits per heavy atom. The molecule has 0 amide bonds. The summed E-state index contributed by atoms with van der Waals surface area (Å²) < 4.78 is 6.20. The van der Waals surface area contributed by atoms with Crippen molar-refractivity contribution in [2.24, 2.45) is 11.7 Å². The van der Waals surface area contributed by atoms with Crippen molar-refractivity contribution >= 4 is 0 Å². The Kier molecular flexibility index (Phi) is 4.87. The molecule has 1 saturated carbocycles. The van der Waals surface area contributed by atoms with E-state index >= 15 is 0 Å². The van der Waals surface area contributed by atoms with Crippen molar-refractivity contribution in [1.82, 2.24) is 0 Å². The zero-order chi connectivity index (χ0) is 14.8. The van der Waals surface area contributed by atoms with Gasteiger partial charge >= 0.3 is 0 Å². The molecule has 1 aromatic carbocycles. The fraction of sp³-hybridized carbons (Fsp3) is 0.667. The van der Waals surface area contributed by atoms with Gasteiger partial charge in [0.15, 0.2) is 0 Å². The van der Waals surface area contributed by atoms with E-state index in [1.807, 2.05) is 0 Å². The van der Waals surface area contributed by atoms with E-state index in [4.69, 9.17) is 10.5 Å². The Morgan fingerprint density at radius 2 is 2.10 bits per heavy atom. The maximum Gasteiger partial charge on any atom is 0.0876 e. The molecule has 2 rings (SSSR count). The van der Waals surface area contributed by atoms with Gasteiger partial charge in [0.2, 0.25) is 0 Å². The first-order chi connectivity index (χ1) is 9.48. The second-order valence-electron chi connectivity index (χ2n) is 6.52. The Balaban J connectivity index is 2.30. The van der Waals surface area contributed by atoms with Crippen molar-refractivity contribution in [3.05, 3.63) is 34.9 Å². The molecule has 1 fully saturated rings. The van der Waals surface area contributed by atoms with Gasteiger partial charge in [-0.1, -0.05) is 38.0 Å². The van der Waals surface area contributed by atoms with E-state index in [9.17, 15) is 0 Å². The molecule has 0 saturated heterocycles. The fourth-order valence-corrected chi connectivity index (χ4v) is 3.60. The van der Waals surface area contributed by atoms with E-state index in [1.54, 1.807) is 0 Å². The van der Waals surface area contributed by atoms with E-state index in [1.165, 1.54) is 29.5 Å². The summed E-state index contributed by atoms with van der Waals surface area (Å²) in [6, 6.07) is 6.56. The third kappa shape index (κ3) is 3.07. The Morgan fingerprint density at radius 3 is 2.70 bits per heavy atom. The second-order valence-corrected chi connectivity index (χ2v) is 6.52. The van der Waals surface area contributed by atoms with Crippen LogP contribution in [0.1, 0.15) is 62.3 Å². The third-order valence-corrected chi connectivity index (χ3v) is 4.88.